The number of hydrogen-bond acceptors (Lipinski definition) is 3. The van der Waals surface area contributed by atoms with Crippen LogP contribution in [0.1, 0.15) is 35.0 Å². The topological polar surface area (TPSA) is 41.1 Å². The normalized spacial score (nSPS) is 21.6. The summed E-state index contributed by atoms with van der Waals surface area (Å²) in [6, 6.07) is 2.17. The van der Waals surface area contributed by atoms with Gasteiger partial charge in [0.15, 0.2) is 0 Å². The minimum absolute atomic E-state index is 0.0480. The van der Waals surface area contributed by atoms with Gasteiger partial charge in [-0.3, -0.25) is 4.79 Å². The van der Waals surface area contributed by atoms with Crippen LogP contribution in [0.4, 0.5) is 0 Å². The first-order valence-electron chi connectivity index (χ1n) is 6.35. The Morgan fingerprint density at radius 1 is 1.67 bits per heavy atom. The number of amides is 1. The summed E-state index contributed by atoms with van der Waals surface area (Å²) in [4.78, 5) is 12.9. The summed E-state index contributed by atoms with van der Waals surface area (Å²) >= 11 is 4.96. The van der Waals surface area contributed by atoms with Gasteiger partial charge in [0.2, 0.25) is 0 Å². The van der Waals surface area contributed by atoms with Gasteiger partial charge in [0, 0.05) is 6.04 Å². The van der Waals surface area contributed by atoms with Crippen LogP contribution in [0.5, 0.6) is 0 Å². The number of carbonyl (C=O) groups excluding carboxylic acids is 1. The van der Waals surface area contributed by atoms with Crippen LogP contribution >= 0.6 is 27.3 Å². The van der Waals surface area contributed by atoms with Crippen molar-refractivity contribution in [1.29, 1.82) is 0 Å². The molecule has 3 nitrogen and oxygen atoms in total. The van der Waals surface area contributed by atoms with Gasteiger partial charge >= 0.3 is 0 Å². The first-order valence-corrected chi connectivity index (χ1v) is 7.96. The molecule has 0 bridgehead atoms. The van der Waals surface area contributed by atoms with Crippen molar-refractivity contribution in [3.63, 3.8) is 0 Å². The van der Waals surface area contributed by atoms with Crippen LogP contribution in [0.2, 0.25) is 0 Å². The van der Waals surface area contributed by atoms with E-state index >= 15 is 0 Å². The zero-order valence-electron chi connectivity index (χ0n) is 10.8. The Labute approximate surface area is 120 Å². The smallest absolute Gasteiger partial charge is 0.261 e. The largest absolute Gasteiger partial charge is 0.349 e. The van der Waals surface area contributed by atoms with Crippen LogP contribution in [0.15, 0.2) is 9.85 Å². The summed E-state index contributed by atoms with van der Waals surface area (Å²) in [5.41, 5.74) is 1.12. The van der Waals surface area contributed by atoms with E-state index in [4.69, 9.17) is 0 Å². The highest BCUT2D eigenvalue weighted by molar-refractivity contribution is 9.11. The highest BCUT2D eigenvalue weighted by Gasteiger charge is 2.22. The summed E-state index contributed by atoms with van der Waals surface area (Å²) < 4.78 is 1.04. The molecule has 2 N–H and O–H groups in total. The maximum absolute atomic E-state index is 12.1. The Morgan fingerprint density at radius 2 is 2.44 bits per heavy atom. The first-order chi connectivity index (χ1) is 8.58. The molecule has 0 aliphatic carbocycles. The number of carbonyl (C=O) groups is 1. The third-order valence-corrected chi connectivity index (χ3v) is 5.62. The number of halogens is 1. The van der Waals surface area contributed by atoms with E-state index in [1.54, 1.807) is 0 Å². The Morgan fingerprint density at radius 3 is 3.00 bits per heavy atom. The van der Waals surface area contributed by atoms with Gasteiger partial charge in [0.25, 0.3) is 5.91 Å². The Hall–Kier alpha value is -0.390. The molecular weight excluding hydrogens is 312 g/mol. The van der Waals surface area contributed by atoms with Gasteiger partial charge in [0.1, 0.15) is 0 Å². The van der Waals surface area contributed by atoms with Gasteiger partial charge in [-0.1, -0.05) is 0 Å². The van der Waals surface area contributed by atoms with E-state index < -0.39 is 0 Å². The van der Waals surface area contributed by atoms with Crippen LogP contribution < -0.4 is 10.6 Å². The second-order valence-electron chi connectivity index (χ2n) is 4.94. The van der Waals surface area contributed by atoms with E-state index in [0.29, 0.717) is 5.92 Å². The fraction of sp³-hybridized carbons (Fsp3) is 0.615. The molecule has 2 heterocycles. The van der Waals surface area contributed by atoms with Crippen LogP contribution in [0, 0.1) is 12.8 Å². The van der Waals surface area contributed by atoms with E-state index in [1.807, 2.05) is 13.0 Å². The van der Waals surface area contributed by atoms with Gasteiger partial charge in [-0.05, 0) is 73.3 Å². The maximum Gasteiger partial charge on any atom is 0.261 e. The first kappa shape index (κ1) is 14.0. The summed E-state index contributed by atoms with van der Waals surface area (Å²) in [7, 11) is 0. The van der Waals surface area contributed by atoms with E-state index in [-0.39, 0.29) is 11.9 Å². The third kappa shape index (κ3) is 3.33. The van der Waals surface area contributed by atoms with Crippen LogP contribution in [-0.2, 0) is 0 Å². The summed E-state index contributed by atoms with van der Waals surface area (Å²) in [6.45, 7) is 6.22. The molecule has 0 aromatic carbocycles. The molecule has 0 radical (unpaired) electrons. The number of piperidine rings is 1. The molecule has 1 aliphatic rings. The molecule has 18 heavy (non-hydrogen) atoms. The highest BCUT2D eigenvalue weighted by Crippen LogP contribution is 2.27. The molecule has 1 aromatic rings. The van der Waals surface area contributed by atoms with Crippen LogP contribution in [0.3, 0.4) is 0 Å². The lowest BCUT2D eigenvalue weighted by molar-refractivity contribution is 0.0926. The molecule has 1 aliphatic heterocycles. The quantitative estimate of drug-likeness (QED) is 0.894. The second-order valence-corrected chi connectivity index (χ2v) is 7.31. The number of rotatable bonds is 3. The van der Waals surface area contributed by atoms with Gasteiger partial charge < -0.3 is 10.6 Å². The molecule has 1 saturated heterocycles. The lowest BCUT2D eigenvalue weighted by Gasteiger charge is -2.28. The predicted octanol–water partition coefficient (Wildman–Crippen LogP) is 2.94. The van der Waals surface area contributed by atoms with E-state index in [2.05, 4.69) is 33.5 Å². The lowest BCUT2D eigenvalue weighted by atomic mass is 9.93. The minimum atomic E-state index is 0.0480. The molecule has 1 aromatic heterocycles. The van der Waals surface area contributed by atoms with Crippen LogP contribution in [0.25, 0.3) is 0 Å². The van der Waals surface area contributed by atoms with Crippen molar-refractivity contribution in [2.45, 2.75) is 32.7 Å². The van der Waals surface area contributed by atoms with Crippen LogP contribution in [-0.4, -0.2) is 25.0 Å². The Bertz CT molecular complexity index is 407. The van der Waals surface area contributed by atoms with Gasteiger partial charge in [-0.15, -0.1) is 11.3 Å². The molecule has 1 amide bonds. The fourth-order valence-electron chi connectivity index (χ4n) is 2.27. The predicted molar refractivity (Wildman–Crippen MR) is 79.3 cm³/mol. The molecule has 2 rings (SSSR count). The third-order valence-electron chi connectivity index (χ3n) is 3.48. The van der Waals surface area contributed by atoms with Gasteiger partial charge in [-0.2, -0.15) is 0 Å². The standard InChI is InChI=1S/C13H19BrN2OS/c1-8-6-11(18-12(8)14)13(17)16-9(2)10-4-3-5-15-7-10/h6,9-10,15H,3-5,7H2,1-2H3,(H,16,17). The molecule has 100 valence electrons. The van der Waals surface area contributed by atoms with Crippen molar-refractivity contribution in [3.05, 3.63) is 20.3 Å². The van der Waals surface area contributed by atoms with Gasteiger partial charge in [-0.25, -0.2) is 0 Å². The Balaban J connectivity index is 1.93. The highest BCUT2D eigenvalue weighted by atomic mass is 79.9. The van der Waals surface area contributed by atoms with Gasteiger partial charge in [0.05, 0.1) is 8.66 Å². The SMILES string of the molecule is Cc1cc(C(=O)NC(C)C2CCCNC2)sc1Br. The average molecular weight is 331 g/mol. The number of aryl methyl sites for hydroxylation is 1. The lowest BCUT2D eigenvalue weighted by Crippen LogP contribution is -2.44. The molecule has 2 atom stereocenters. The second kappa shape index (κ2) is 6.17. The average Bonchev–Trinajstić information content (AvgIpc) is 2.71. The maximum atomic E-state index is 12.1. The molecule has 0 saturated carbocycles. The molecule has 0 spiro atoms. The zero-order chi connectivity index (χ0) is 13.1. The summed E-state index contributed by atoms with van der Waals surface area (Å²) in [5, 5.41) is 6.50. The molecular formula is C13H19BrN2OS. The van der Waals surface area contributed by atoms with Crippen molar-refractivity contribution in [2.75, 3.05) is 13.1 Å². The zero-order valence-corrected chi connectivity index (χ0v) is 13.2. The van der Waals surface area contributed by atoms with Crippen molar-refractivity contribution in [2.24, 2.45) is 5.92 Å². The van der Waals surface area contributed by atoms with Crippen molar-refractivity contribution in [1.82, 2.24) is 10.6 Å². The van der Waals surface area contributed by atoms with Crippen molar-refractivity contribution < 1.29 is 4.79 Å². The summed E-state index contributed by atoms with van der Waals surface area (Å²) in [6.07, 6.45) is 2.40. The molecule has 5 heteroatoms. The molecule has 1 fully saturated rings. The van der Waals surface area contributed by atoms with E-state index in [1.165, 1.54) is 24.2 Å². The minimum Gasteiger partial charge on any atom is -0.349 e. The Kier molecular flexibility index (Phi) is 4.81. The van der Waals surface area contributed by atoms with E-state index in [0.717, 1.165) is 27.3 Å². The number of thiophene rings is 1. The van der Waals surface area contributed by atoms with E-state index in [9.17, 15) is 4.79 Å². The summed E-state index contributed by atoms with van der Waals surface area (Å²) in [5.74, 6) is 0.596. The monoisotopic (exact) mass is 330 g/mol. The van der Waals surface area contributed by atoms with Crippen molar-refractivity contribution in [3.8, 4) is 0 Å². The molecule has 2 unspecified atom stereocenters. The number of hydrogen-bond donors (Lipinski definition) is 2. The van der Waals surface area contributed by atoms with Crippen molar-refractivity contribution >= 4 is 33.2 Å². The number of nitrogens with one attached hydrogen (secondary N) is 2. The fourth-order valence-corrected chi connectivity index (χ4v) is 3.71.